The number of aromatic nitrogens is 2. The van der Waals surface area contributed by atoms with Crippen LogP contribution in [0.3, 0.4) is 0 Å². The zero-order chi connectivity index (χ0) is 15.2. The fourth-order valence-corrected chi connectivity index (χ4v) is 2.38. The number of anilines is 1. The van der Waals surface area contributed by atoms with E-state index < -0.39 is 0 Å². The van der Waals surface area contributed by atoms with Crippen LogP contribution in [-0.4, -0.2) is 49.4 Å². The van der Waals surface area contributed by atoms with Crippen molar-refractivity contribution in [1.29, 1.82) is 0 Å². The maximum Gasteiger partial charge on any atom is 0.328 e. The van der Waals surface area contributed by atoms with Gasteiger partial charge in [0.1, 0.15) is 6.04 Å². The first-order chi connectivity index (χ1) is 10.2. The summed E-state index contributed by atoms with van der Waals surface area (Å²) in [4.78, 5) is 22.6. The molecule has 1 aromatic rings. The zero-order valence-corrected chi connectivity index (χ0v) is 12.7. The van der Waals surface area contributed by atoms with E-state index in [4.69, 9.17) is 14.2 Å². The molecule has 2 heterocycles. The second-order valence-electron chi connectivity index (χ2n) is 4.71. The van der Waals surface area contributed by atoms with Crippen molar-refractivity contribution in [3.05, 3.63) is 6.07 Å². The molecule has 7 nitrogen and oxygen atoms in total. The van der Waals surface area contributed by atoms with Gasteiger partial charge in [-0.3, -0.25) is 0 Å². The lowest BCUT2D eigenvalue weighted by atomic mass is 10.0. The SMILES string of the molecule is CCOC(=O)C1CCCCN1c1nc(OC)cc(OC)n1. The van der Waals surface area contributed by atoms with E-state index in [-0.39, 0.29) is 12.0 Å². The van der Waals surface area contributed by atoms with Gasteiger partial charge in [0.2, 0.25) is 17.7 Å². The second-order valence-corrected chi connectivity index (χ2v) is 4.71. The maximum atomic E-state index is 12.1. The molecule has 1 aromatic heterocycles. The van der Waals surface area contributed by atoms with Crippen LogP contribution in [0.1, 0.15) is 26.2 Å². The van der Waals surface area contributed by atoms with Gasteiger partial charge in [0.15, 0.2) is 0 Å². The number of piperidine rings is 1. The normalized spacial score (nSPS) is 18.2. The van der Waals surface area contributed by atoms with Crippen molar-refractivity contribution in [1.82, 2.24) is 9.97 Å². The summed E-state index contributed by atoms with van der Waals surface area (Å²) in [5.74, 6) is 1.02. The largest absolute Gasteiger partial charge is 0.481 e. The van der Waals surface area contributed by atoms with Crippen LogP contribution in [0.25, 0.3) is 0 Å². The van der Waals surface area contributed by atoms with Crippen molar-refractivity contribution in [2.45, 2.75) is 32.2 Å². The Morgan fingerprint density at radius 3 is 2.52 bits per heavy atom. The summed E-state index contributed by atoms with van der Waals surface area (Å²) < 4.78 is 15.5. The molecule has 116 valence electrons. The third-order valence-electron chi connectivity index (χ3n) is 3.40. The third-order valence-corrected chi connectivity index (χ3v) is 3.40. The highest BCUT2D eigenvalue weighted by atomic mass is 16.5. The number of carbonyl (C=O) groups is 1. The number of carbonyl (C=O) groups excluding carboxylic acids is 1. The zero-order valence-electron chi connectivity index (χ0n) is 12.7. The van der Waals surface area contributed by atoms with Crippen molar-refractivity contribution in [3.8, 4) is 11.8 Å². The van der Waals surface area contributed by atoms with E-state index in [0.29, 0.717) is 30.9 Å². The summed E-state index contributed by atoms with van der Waals surface area (Å²) in [6.45, 7) is 2.88. The molecule has 2 rings (SSSR count). The van der Waals surface area contributed by atoms with Gasteiger partial charge < -0.3 is 19.1 Å². The molecule has 0 aliphatic carbocycles. The smallest absolute Gasteiger partial charge is 0.328 e. The van der Waals surface area contributed by atoms with Crippen LogP contribution < -0.4 is 14.4 Å². The number of hydrogen-bond donors (Lipinski definition) is 0. The Bertz CT molecular complexity index is 473. The number of methoxy groups -OCH3 is 2. The van der Waals surface area contributed by atoms with E-state index in [1.807, 2.05) is 4.90 Å². The second kappa shape index (κ2) is 7.10. The van der Waals surface area contributed by atoms with Crippen molar-refractivity contribution >= 4 is 11.9 Å². The highest BCUT2D eigenvalue weighted by Gasteiger charge is 2.32. The Morgan fingerprint density at radius 2 is 1.95 bits per heavy atom. The molecule has 0 spiro atoms. The minimum atomic E-state index is -0.351. The minimum Gasteiger partial charge on any atom is -0.481 e. The van der Waals surface area contributed by atoms with Gasteiger partial charge in [-0.15, -0.1) is 0 Å². The van der Waals surface area contributed by atoms with Crippen LogP contribution in [0.5, 0.6) is 11.8 Å². The molecule has 0 amide bonds. The Hall–Kier alpha value is -2.05. The molecule has 1 unspecified atom stereocenters. The van der Waals surface area contributed by atoms with Crippen molar-refractivity contribution in [2.24, 2.45) is 0 Å². The predicted octanol–water partition coefficient (Wildman–Crippen LogP) is 1.42. The molecule has 0 bridgehead atoms. The predicted molar refractivity (Wildman–Crippen MR) is 76.8 cm³/mol. The summed E-state index contributed by atoms with van der Waals surface area (Å²) in [5.41, 5.74) is 0. The molecule has 21 heavy (non-hydrogen) atoms. The molecule has 0 saturated carbocycles. The number of ether oxygens (including phenoxy) is 3. The molecular formula is C14H21N3O4. The molecule has 0 aromatic carbocycles. The number of esters is 1. The summed E-state index contributed by atoms with van der Waals surface area (Å²) in [7, 11) is 3.06. The van der Waals surface area contributed by atoms with E-state index >= 15 is 0 Å². The average Bonchev–Trinajstić information content (AvgIpc) is 2.54. The standard InChI is InChI=1S/C14H21N3O4/c1-4-21-13(18)10-7-5-6-8-17(10)14-15-11(19-2)9-12(16-14)20-3/h9-10H,4-8H2,1-3H3. The van der Waals surface area contributed by atoms with Crippen molar-refractivity contribution in [3.63, 3.8) is 0 Å². The quantitative estimate of drug-likeness (QED) is 0.760. The summed E-state index contributed by atoms with van der Waals surface area (Å²) in [6, 6.07) is 1.25. The highest BCUT2D eigenvalue weighted by Crippen LogP contribution is 2.26. The molecule has 1 fully saturated rings. The topological polar surface area (TPSA) is 73.8 Å². The van der Waals surface area contributed by atoms with E-state index in [1.54, 1.807) is 13.0 Å². The summed E-state index contributed by atoms with van der Waals surface area (Å²) >= 11 is 0. The van der Waals surface area contributed by atoms with Crippen molar-refractivity contribution < 1.29 is 19.0 Å². The molecule has 1 aliphatic heterocycles. The molecule has 0 radical (unpaired) electrons. The van der Waals surface area contributed by atoms with Gasteiger partial charge in [-0.2, -0.15) is 9.97 Å². The van der Waals surface area contributed by atoms with Crippen LogP contribution in [-0.2, 0) is 9.53 Å². The van der Waals surface area contributed by atoms with E-state index in [2.05, 4.69) is 9.97 Å². The molecule has 1 saturated heterocycles. The van der Waals surface area contributed by atoms with Gasteiger partial charge in [-0.25, -0.2) is 4.79 Å². The van der Waals surface area contributed by atoms with Gasteiger partial charge in [-0.1, -0.05) is 0 Å². The Labute approximate surface area is 124 Å². The fraction of sp³-hybridized carbons (Fsp3) is 0.643. The lowest BCUT2D eigenvalue weighted by Gasteiger charge is -2.34. The van der Waals surface area contributed by atoms with Crippen LogP contribution in [0.4, 0.5) is 5.95 Å². The average molecular weight is 295 g/mol. The molecule has 7 heteroatoms. The van der Waals surface area contributed by atoms with Gasteiger partial charge in [0.05, 0.1) is 26.9 Å². The van der Waals surface area contributed by atoms with Crippen LogP contribution >= 0.6 is 0 Å². The van der Waals surface area contributed by atoms with Crippen molar-refractivity contribution in [2.75, 3.05) is 32.3 Å². The fourth-order valence-electron chi connectivity index (χ4n) is 2.38. The molecule has 1 atom stereocenters. The lowest BCUT2D eigenvalue weighted by Crippen LogP contribution is -2.46. The molecule has 1 aliphatic rings. The Kier molecular flexibility index (Phi) is 5.19. The molecule has 0 N–H and O–H groups in total. The van der Waals surface area contributed by atoms with E-state index in [0.717, 1.165) is 19.3 Å². The van der Waals surface area contributed by atoms with Crippen LogP contribution in [0.15, 0.2) is 6.07 Å². The van der Waals surface area contributed by atoms with Crippen LogP contribution in [0, 0.1) is 0 Å². The minimum absolute atomic E-state index is 0.234. The third kappa shape index (κ3) is 3.53. The van der Waals surface area contributed by atoms with E-state index in [9.17, 15) is 4.79 Å². The van der Waals surface area contributed by atoms with Gasteiger partial charge in [-0.05, 0) is 26.2 Å². The van der Waals surface area contributed by atoms with Crippen LogP contribution in [0.2, 0.25) is 0 Å². The number of nitrogens with zero attached hydrogens (tertiary/aromatic N) is 3. The van der Waals surface area contributed by atoms with Gasteiger partial charge >= 0.3 is 5.97 Å². The lowest BCUT2D eigenvalue weighted by molar-refractivity contribution is -0.145. The van der Waals surface area contributed by atoms with Gasteiger partial charge in [0, 0.05) is 6.54 Å². The number of hydrogen-bond acceptors (Lipinski definition) is 7. The summed E-state index contributed by atoms with van der Waals surface area (Å²) in [5, 5.41) is 0. The van der Waals surface area contributed by atoms with Gasteiger partial charge in [0.25, 0.3) is 0 Å². The molecular weight excluding hydrogens is 274 g/mol. The van der Waals surface area contributed by atoms with E-state index in [1.165, 1.54) is 14.2 Å². The Balaban J connectivity index is 2.30. The monoisotopic (exact) mass is 295 g/mol. The maximum absolute atomic E-state index is 12.1. The Morgan fingerprint density at radius 1 is 1.29 bits per heavy atom. The number of rotatable bonds is 5. The summed E-state index contributed by atoms with van der Waals surface area (Å²) in [6.07, 6.45) is 2.71. The highest BCUT2D eigenvalue weighted by molar-refractivity contribution is 5.79. The first-order valence-electron chi connectivity index (χ1n) is 7.10. The first-order valence-corrected chi connectivity index (χ1v) is 7.10. The first kappa shape index (κ1) is 15.3.